The molecule has 0 unspecified atom stereocenters. The summed E-state index contributed by atoms with van der Waals surface area (Å²) in [5.74, 6) is -0.160. The molecule has 20 heavy (non-hydrogen) atoms. The number of nitrogens with zero attached hydrogens (tertiary/aromatic N) is 1. The van der Waals surface area contributed by atoms with Gasteiger partial charge in [-0.2, -0.15) is 0 Å². The summed E-state index contributed by atoms with van der Waals surface area (Å²) in [6.07, 6.45) is 0. The molecule has 0 heterocycles. The van der Waals surface area contributed by atoms with Crippen LogP contribution in [-0.4, -0.2) is 37.6 Å². The van der Waals surface area contributed by atoms with Crippen LogP contribution < -0.4 is 10.6 Å². The lowest BCUT2D eigenvalue weighted by Crippen LogP contribution is -2.34. The van der Waals surface area contributed by atoms with Crippen LogP contribution in [0.25, 0.3) is 0 Å². The highest BCUT2D eigenvalue weighted by Gasteiger charge is 2.13. The van der Waals surface area contributed by atoms with Crippen LogP contribution in [0.3, 0.4) is 0 Å². The second-order valence-corrected chi connectivity index (χ2v) is 4.26. The number of hydrogen-bond donors (Lipinski definition) is 2. The van der Waals surface area contributed by atoms with Crippen LogP contribution in [0.4, 0.5) is 5.69 Å². The molecule has 0 aliphatic carbocycles. The maximum absolute atomic E-state index is 11.6. The SMILES string of the molecule is COCCNCC(=O)NCc1cccc([N+](=O)[O-])c1C. The van der Waals surface area contributed by atoms with E-state index in [1.54, 1.807) is 26.2 Å². The minimum atomic E-state index is -0.424. The van der Waals surface area contributed by atoms with Crippen molar-refractivity contribution in [3.63, 3.8) is 0 Å². The van der Waals surface area contributed by atoms with Crippen LogP contribution in [0.15, 0.2) is 18.2 Å². The van der Waals surface area contributed by atoms with E-state index in [-0.39, 0.29) is 24.7 Å². The smallest absolute Gasteiger partial charge is 0.272 e. The van der Waals surface area contributed by atoms with E-state index < -0.39 is 4.92 Å². The molecule has 0 saturated carbocycles. The van der Waals surface area contributed by atoms with Crippen molar-refractivity contribution in [2.24, 2.45) is 0 Å². The molecule has 1 aromatic carbocycles. The van der Waals surface area contributed by atoms with Gasteiger partial charge in [-0.1, -0.05) is 12.1 Å². The highest BCUT2D eigenvalue weighted by atomic mass is 16.6. The minimum Gasteiger partial charge on any atom is -0.383 e. The summed E-state index contributed by atoms with van der Waals surface area (Å²) in [6, 6.07) is 4.83. The monoisotopic (exact) mass is 281 g/mol. The van der Waals surface area contributed by atoms with Crippen LogP contribution in [0, 0.1) is 17.0 Å². The number of nitro benzene ring substituents is 1. The van der Waals surface area contributed by atoms with Gasteiger partial charge in [0.15, 0.2) is 0 Å². The third kappa shape index (κ3) is 4.94. The third-order valence-corrected chi connectivity index (χ3v) is 2.86. The number of carbonyl (C=O) groups is 1. The topological polar surface area (TPSA) is 93.5 Å². The summed E-state index contributed by atoms with van der Waals surface area (Å²) in [6.45, 7) is 3.28. The predicted octanol–water partition coefficient (Wildman–Crippen LogP) is 0.755. The minimum absolute atomic E-state index is 0.0648. The number of amides is 1. The van der Waals surface area contributed by atoms with E-state index in [9.17, 15) is 14.9 Å². The number of benzene rings is 1. The largest absolute Gasteiger partial charge is 0.383 e. The molecular weight excluding hydrogens is 262 g/mol. The first kappa shape index (κ1) is 16.1. The van der Waals surface area contributed by atoms with Crippen molar-refractivity contribution in [3.8, 4) is 0 Å². The molecule has 1 amide bonds. The molecule has 0 saturated heterocycles. The van der Waals surface area contributed by atoms with Crippen molar-refractivity contribution in [3.05, 3.63) is 39.4 Å². The highest BCUT2D eigenvalue weighted by molar-refractivity contribution is 5.78. The van der Waals surface area contributed by atoms with Gasteiger partial charge in [0.25, 0.3) is 5.69 Å². The Morgan fingerprint density at radius 3 is 2.85 bits per heavy atom. The van der Waals surface area contributed by atoms with Gasteiger partial charge in [-0.15, -0.1) is 0 Å². The number of ether oxygens (including phenoxy) is 1. The van der Waals surface area contributed by atoms with Gasteiger partial charge in [-0.25, -0.2) is 0 Å². The highest BCUT2D eigenvalue weighted by Crippen LogP contribution is 2.20. The number of methoxy groups -OCH3 is 1. The molecule has 0 bridgehead atoms. The van der Waals surface area contributed by atoms with Crippen molar-refractivity contribution in [2.45, 2.75) is 13.5 Å². The first-order valence-electron chi connectivity index (χ1n) is 6.25. The average molecular weight is 281 g/mol. The first-order chi connectivity index (χ1) is 9.56. The lowest BCUT2D eigenvalue weighted by atomic mass is 10.1. The fourth-order valence-electron chi connectivity index (χ4n) is 1.69. The van der Waals surface area contributed by atoms with Crippen molar-refractivity contribution in [1.82, 2.24) is 10.6 Å². The Kier molecular flexibility index (Phi) is 6.61. The molecule has 1 rings (SSSR count). The van der Waals surface area contributed by atoms with E-state index in [2.05, 4.69) is 10.6 Å². The Hall–Kier alpha value is -1.99. The van der Waals surface area contributed by atoms with E-state index in [1.807, 2.05) is 0 Å². The first-order valence-corrected chi connectivity index (χ1v) is 6.25. The lowest BCUT2D eigenvalue weighted by molar-refractivity contribution is -0.385. The molecule has 110 valence electrons. The van der Waals surface area contributed by atoms with Gasteiger partial charge < -0.3 is 15.4 Å². The van der Waals surface area contributed by atoms with E-state index in [1.165, 1.54) is 6.07 Å². The Morgan fingerprint density at radius 2 is 2.20 bits per heavy atom. The zero-order chi connectivity index (χ0) is 15.0. The normalized spacial score (nSPS) is 10.3. The fraction of sp³-hybridized carbons (Fsp3) is 0.462. The number of rotatable bonds is 8. The predicted molar refractivity (Wildman–Crippen MR) is 74.4 cm³/mol. The molecule has 0 atom stereocenters. The lowest BCUT2D eigenvalue weighted by Gasteiger charge is -2.09. The third-order valence-electron chi connectivity index (χ3n) is 2.86. The molecule has 0 spiro atoms. The Labute approximate surface area is 117 Å². The van der Waals surface area contributed by atoms with Crippen LogP contribution in [0.5, 0.6) is 0 Å². The molecule has 0 aliphatic rings. The van der Waals surface area contributed by atoms with Crippen LogP contribution in [-0.2, 0) is 16.1 Å². The molecule has 0 fully saturated rings. The quantitative estimate of drug-likeness (QED) is 0.417. The maximum Gasteiger partial charge on any atom is 0.272 e. The second-order valence-electron chi connectivity index (χ2n) is 4.26. The number of carbonyl (C=O) groups excluding carboxylic acids is 1. The van der Waals surface area contributed by atoms with Gasteiger partial charge >= 0.3 is 0 Å². The molecule has 0 aliphatic heterocycles. The molecule has 0 radical (unpaired) electrons. The van der Waals surface area contributed by atoms with Gasteiger partial charge in [0, 0.05) is 31.8 Å². The number of hydrogen-bond acceptors (Lipinski definition) is 5. The number of nitro groups is 1. The zero-order valence-corrected chi connectivity index (χ0v) is 11.6. The van der Waals surface area contributed by atoms with Gasteiger partial charge in [-0.05, 0) is 12.5 Å². The Morgan fingerprint density at radius 1 is 1.45 bits per heavy atom. The van der Waals surface area contributed by atoms with Gasteiger partial charge in [0.2, 0.25) is 5.91 Å². The molecule has 1 aromatic rings. The summed E-state index contributed by atoms with van der Waals surface area (Å²) in [5, 5.41) is 16.5. The van der Waals surface area contributed by atoms with Crippen molar-refractivity contribution < 1.29 is 14.5 Å². The van der Waals surface area contributed by atoms with E-state index in [4.69, 9.17) is 4.74 Å². The molecule has 7 heteroatoms. The number of nitrogens with one attached hydrogen (secondary N) is 2. The fourth-order valence-corrected chi connectivity index (χ4v) is 1.69. The van der Waals surface area contributed by atoms with Gasteiger partial charge in [0.05, 0.1) is 18.1 Å². The van der Waals surface area contributed by atoms with E-state index >= 15 is 0 Å². The standard InChI is InChI=1S/C13H19N3O4/c1-10-11(4-3-5-12(10)16(18)19)8-15-13(17)9-14-6-7-20-2/h3-5,14H,6-9H2,1-2H3,(H,15,17). The van der Waals surface area contributed by atoms with Crippen molar-refractivity contribution >= 4 is 11.6 Å². The summed E-state index contributed by atoms with van der Waals surface area (Å²) in [5.41, 5.74) is 1.38. The van der Waals surface area contributed by atoms with Crippen molar-refractivity contribution in [2.75, 3.05) is 26.8 Å². The summed E-state index contributed by atoms with van der Waals surface area (Å²) < 4.78 is 4.85. The van der Waals surface area contributed by atoms with Crippen molar-refractivity contribution in [1.29, 1.82) is 0 Å². The van der Waals surface area contributed by atoms with Crippen LogP contribution >= 0.6 is 0 Å². The van der Waals surface area contributed by atoms with E-state index in [0.717, 1.165) is 5.56 Å². The Balaban J connectivity index is 2.47. The summed E-state index contributed by atoms with van der Waals surface area (Å²) in [4.78, 5) is 21.9. The molecule has 2 N–H and O–H groups in total. The van der Waals surface area contributed by atoms with Gasteiger partial charge in [0.1, 0.15) is 0 Å². The van der Waals surface area contributed by atoms with Crippen LogP contribution in [0.1, 0.15) is 11.1 Å². The van der Waals surface area contributed by atoms with Crippen LogP contribution in [0.2, 0.25) is 0 Å². The summed E-state index contributed by atoms with van der Waals surface area (Å²) >= 11 is 0. The average Bonchev–Trinajstić information content (AvgIpc) is 2.42. The summed E-state index contributed by atoms with van der Waals surface area (Å²) in [7, 11) is 1.59. The maximum atomic E-state index is 11.6. The second kappa shape index (κ2) is 8.23. The molecular formula is C13H19N3O4. The molecule has 0 aromatic heterocycles. The Bertz CT molecular complexity index is 477. The molecule has 7 nitrogen and oxygen atoms in total. The van der Waals surface area contributed by atoms with Gasteiger partial charge in [-0.3, -0.25) is 14.9 Å². The van der Waals surface area contributed by atoms with E-state index in [0.29, 0.717) is 18.7 Å². The zero-order valence-electron chi connectivity index (χ0n) is 11.6.